The summed E-state index contributed by atoms with van der Waals surface area (Å²) in [5.41, 5.74) is 0.767. The summed E-state index contributed by atoms with van der Waals surface area (Å²) in [6.45, 7) is 0. The molecular formula is C16H15BrO4. The highest BCUT2D eigenvalue weighted by Gasteiger charge is 2.07. The molecule has 0 aliphatic carbocycles. The van der Waals surface area contributed by atoms with Crippen LogP contribution in [0, 0.1) is 0 Å². The van der Waals surface area contributed by atoms with Crippen molar-refractivity contribution in [2.24, 2.45) is 0 Å². The first kappa shape index (κ1) is 15.4. The summed E-state index contributed by atoms with van der Waals surface area (Å²) in [5.74, 6) is 1.20. The van der Waals surface area contributed by atoms with Crippen LogP contribution >= 0.6 is 15.9 Å². The van der Waals surface area contributed by atoms with Gasteiger partial charge in [-0.05, 0) is 51.8 Å². The summed E-state index contributed by atoms with van der Waals surface area (Å²) in [4.78, 5) is 11.8. The van der Waals surface area contributed by atoms with Crippen molar-refractivity contribution in [3.05, 3.63) is 52.4 Å². The van der Waals surface area contributed by atoms with Crippen LogP contribution in [0.1, 0.15) is 17.7 Å². The summed E-state index contributed by atoms with van der Waals surface area (Å²) in [5, 5.41) is 9.72. The lowest BCUT2D eigenvalue weighted by Gasteiger charge is -2.06. The Hall–Kier alpha value is -2.01. The van der Waals surface area contributed by atoms with Crippen LogP contribution in [0.3, 0.4) is 0 Å². The van der Waals surface area contributed by atoms with E-state index in [4.69, 9.17) is 9.15 Å². The summed E-state index contributed by atoms with van der Waals surface area (Å²) >= 11 is 3.24. The van der Waals surface area contributed by atoms with E-state index in [2.05, 4.69) is 15.9 Å². The molecule has 0 spiro atoms. The van der Waals surface area contributed by atoms with Crippen molar-refractivity contribution in [2.45, 2.75) is 12.8 Å². The zero-order chi connectivity index (χ0) is 15.2. The van der Waals surface area contributed by atoms with Crippen LogP contribution in [0.4, 0.5) is 0 Å². The van der Waals surface area contributed by atoms with E-state index in [0.717, 1.165) is 11.3 Å². The van der Waals surface area contributed by atoms with Crippen molar-refractivity contribution in [3.63, 3.8) is 0 Å². The number of phenolic OH excluding ortho intramolecular Hbond substituents is 1. The summed E-state index contributed by atoms with van der Waals surface area (Å²) in [6, 6.07) is 7.03. The van der Waals surface area contributed by atoms with Gasteiger partial charge in [0.25, 0.3) is 0 Å². The monoisotopic (exact) mass is 350 g/mol. The van der Waals surface area contributed by atoms with Crippen LogP contribution < -0.4 is 4.74 Å². The molecule has 5 heteroatoms. The summed E-state index contributed by atoms with van der Waals surface area (Å²) < 4.78 is 10.8. The minimum Gasteiger partial charge on any atom is -0.503 e. The lowest BCUT2D eigenvalue weighted by molar-refractivity contribution is -0.114. The number of ketones is 1. The Morgan fingerprint density at radius 2 is 2.29 bits per heavy atom. The lowest BCUT2D eigenvalue weighted by atomic mass is 10.1. The number of rotatable bonds is 6. The Kier molecular flexibility index (Phi) is 5.22. The highest BCUT2D eigenvalue weighted by atomic mass is 79.9. The Balaban J connectivity index is 2.00. The van der Waals surface area contributed by atoms with Gasteiger partial charge in [0.2, 0.25) is 0 Å². The quantitative estimate of drug-likeness (QED) is 0.800. The molecule has 0 aliphatic rings. The number of allylic oxidation sites excluding steroid dienone is 1. The fourth-order valence-electron chi connectivity index (χ4n) is 1.82. The van der Waals surface area contributed by atoms with E-state index in [0.29, 0.717) is 23.1 Å². The molecule has 21 heavy (non-hydrogen) atoms. The van der Waals surface area contributed by atoms with Gasteiger partial charge in [-0.1, -0.05) is 6.08 Å². The predicted octanol–water partition coefficient (Wildman–Crippen LogP) is 3.97. The van der Waals surface area contributed by atoms with Gasteiger partial charge in [0.1, 0.15) is 5.76 Å². The van der Waals surface area contributed by atoms with Gasteiger partial charge >= 0.3 is 0 Å². The minimum absolute atomic E-state index is 0.00886. The maximum Gasteiger partial charge on any atom is 0.172 e. The van der Waals surface area contributed by atoms with Gasteiger partial charge < -0.3 is 14.3 Å². The van der Waals surface area contributed by atoms with Crippen molar-refractivity contribution in [3.8, 4) is 11.5 Å². The smallest absolute Gasteiger partial charge is 0.172 e. The molecule has 0 bridgehead atoms. The number of phenols is 1. The number of ether oxygens (including phenoxy) is 1. The minimum atomic E-state index is 0.00886. The van der Waals surface area contributed by atoms with Crippen molar-refractivity contribution in [1.82, 2.24) is 0 Å². The van der Waals surface area contributed by atoms with E-state index in [-0.39, 0.29) is 11.5 Å². The molecule has 0 radical (unpaired) electrons. The van der Waals surface area contributed by atoms with E-state index in [1.807, 2.05) is 6.07 Å². The molecule has 0 amide bonds. The van der Waals surface area contributed by atoms with E-state index >= 15 is 0 Å². The number of hydrogen-bond acceptors (Lipinski definition) is 4. The first-order valence-electron chi connectivity index (χ1n) is 6.40. The van der Waals surface area contributed by atoms with Crippen molar-refractivity contribution in [2.75, 3.05) is 7.11 Å². The van der Waals surface area contributed by atoms with Crippen molar-refractivity contribution in [1.29, 1.82) is 0 Å². The molecule has 1 aromatic heterocycles. The van der Waals surface area contributed by atoms with Crippen LogP contribution in [0.25, 0.3) is 6.08 Å². The number of aromatic hydroxyl groups is 1. The van der Waals surface area contributed by atoms with Gasteiger partial charge in [-0.3, -0.25) is 4.79 Å². The fourth-order valence-corrected chi connectivity index (χ4v) is 2.28. The molecule has 0 atom stereocenters. The molecule has 0 aliphatic heterocycles. The molecule has 0 unspecified atom stereocenters. The average molecular weight is 351 g/mol. The second-order valence-electron chi connectivity index (χ2n) is 4.43. The largest absolute Gasteiger partial charge is 0.503 e. The number of aryl methyl sites for hydroxylation is 1. The number of furan rings is 1. The number of carbonyl (C=O) groups excluding carboxylic acids is 1. The molecule has 0 fully saturated rings. The third-order valence-electron chi connectivity index (χ3n) is 2.93. The average Bonchev–Trinajstić information content (AvgIpc) is 2.99. The highest BCUT2D eigenvalue weighted by Crippen LogP contribution is 2.35. The summed E-state index contributed by atoms with van der Waals surface area (Å²) in [7, 11) is 1.48. The molecule has 0 saturated carbocycles. The zero-order valence-corrected chi connectivity index (χ0v) is 13.1. The van der Waals surface area contributed by atoms with Gasteiger partial charge in [0.15, 0.2) is 17.3 Å². The highest BCUT2D eigenvalue weighted by molar-refractivity contribution is 9.10. The number of hydrogen-bond donors (Lipinski definition) is 1. The van der Waals surface area contributed by atoms with Gasteiger partial charge in [-0.15, -0.1) is 0 Å². The Labute approximate surface area is 131 Å². The third kappa shape index (κ3) is 4.23. The molecule has 1 heterocycles. The van der Waals surface area contributed by atoms with Crippen LogP contribution in [-0.4, -0.2) is 18.0 Å². The Morgan fingerprint density at radius 1 is 1.48 bits per heavy atom. The van der Waals surface area contributed by atoms with Gasteiger partial charge in [0, 0.05) is 12.8 Å². The van der Waals surface area contributed by atoms with Crippen LogP contribution in [0.5, 0.6) is 11.5 Å². The Morgan fingerprint density at radius 3 is 2.95 bits per heavy atom. The SMILES string of the molecule is COc1cc(/C=C/C(=O)CCc2ccco2)cc(Br)c1O. The van der Waals surface area contributed by atoms with Gasteiger partial charge in [-0.2, -0.15) is 0 Å². The maximum atomic E-state index is 11.8. The zero-order valence-electron chi connectivity index (χ0n) is 11.5. The summed E-state index contributed by atoms with van der Waals surface area (Å²) in [6.07, 6.45) is 5.77. The first-order valence-corrected chi connectivity index (χ1v) is 7.19. The van der Waals surface area contributed by atoms with E-state index in [1.165, 1.54) is 13.2 Å². The van der Waals surface area contributed by atoms with Crippen molar-refractivity contribution < 1.29 is 19.1 Å². The molecule has 1 aromatic carbocycles. The maximum absolute atomic E-state index is 11.8. The lowest BCUT2D eigenvalue weighted by Crippen LogP contribution is -1.95. The normalized spacial score (nSPS) is 11.0. The van der Waals surface area contributed by atoms with Crippen LogP contribution in [-0.2, 0) is 11.2 Å². The van der Waals surface area contributed by atoms with Gasteiger partial charge in [-0.25, -0.2) is 0 Å². The molecule has 0 saturated heterocycles. The topological polar surface area (TPSA) is 59.7 Å². The second-order valence-corrected chi connectivity index (χ2v) is 5.29. The van der Waals surface area contributed by atoms with Crippen LogP contribution in [0.2, 0.25) is 0 Å². The first-order chi connectivity index (χ1) is 10.1. The Bertz CT molecular complexity index is 645. The molecule has 2 aromatic rings. The number of halogens is 1. The van der Waals surface area contributed by atoms with Crippen LogP contribution in [0.15, 0.2) is 45.5 Å². The molecule has 1 N–H and O–H groups in total. The molecule has 4 nitrogen and oxygen atoms in total. The van der Waals surface area contributed by atoms with Gasteiger partial charge in [0.05, 0.1) is 17.8 Å². The van der Waals surface area contributed by atoms with Crippen molar-refractivity contribution >= 4 is 27.8 Å². The third-order valence-corrected chi connectivity index (χ3v) is 3.53. The van der Waals surface area contributed by atoms with E-state index in [9.17, 15) is 9.90 Å². The second kappa shape index (κ2) is 7.13. The molecular weight excluding hydrogens is 336 g/mol. The number of benzene rings is 1. The predicted molar refractivity (Wildman–Crippen MR) is 83.4 cm³/mol. The van der Waals surface area contributed by atoms with E-state index in [1.54, 1.807) is 30.5 Å². The number of carbonyl (C=O) groups is 1. The fraction of sp³-hybridized carbons (Fsp3) is 0.188. The molecule has 2 rings (SSSR count). The standard InChI is InChI=1S/C16H15BrO4/c1-20-15-10-11(9-14(17)16(15)19)4-5-12(18)6-7-13-3-2-8-21-13/h2-5,8-10,19H,6-7H2,1H3/b5-4+. The van der Waals surface area contributed by atoms with E-state index < -0.39 is 0 Å². The number of methoxy groups -OCH3 is 1. The molecule has 110 valence electrons.